The maximum Gasteiger partial charge on any atom is 0.374 e. The highest BCUT2D eigenvalue weighted by molar-refractivity contribution is 6.32. The molecule has 0 aliphatic heterocycles. The van der Waals surface area contributed by atoms with Crippen molar-refractivity contribution in [2.24, 2.45) is 0 Å². The third-order valence-electron chi connectivity index (χ3n) is 2.88. The maximum absolute atomic E-state index is 9.94. The van der Waals surface area contributed by atoms with Crippen molar-refractivity contribution >= 4 is 23.1 Å². The maximum atomic E-state index is 9.94. The van der Waals surface area contributed by atoms with Crippen LogP contribution in [0.15, 0.2) is 48.5 Å². The second kappa shape index (κ2) is 8.46. The number of ketones is 1. The summed E-state index contributed by atoms with van der Waals surface area (Å²) in [6.07, 6.45) is 0.894. The Morgan fingerprint density at radius 1 is 0.955 bits per heavy atom. The van der Waals surface area contributed by atoms with E-state index in [9.17, 15) is 9.59 Å². The van der Waals surface area contributed by atoms with Crippen LogP contribution in [0.4, 0.5) is 11.4 Å². The van der Waals surface area contributed by atoms with E-state index in [0.29, 0.717) is 11.4 Å². The van der Waals surface area contributed by atoms with Gasteiger partial charge in [0.25, 0.3) is 0 Å². The summed E-state index contributed by atoms with van der Waals surface area (Å²) in [5, 5.41) is 0. The molecule has 0 unspecified atom stereocenters. The highest BCUT2D eigenvalue weighted by Crippen LogP contribution is 2.18. The summed E-state index contributed by atoms with van der Waals surface area (Å²) in [5.74, 6) is -1.36. The Morgan fingerprint density at radius 2 is 1.59 bits per heavy atom. The summed E-state index contributed by atoms with van der Waals surface area (Å²) < 4.78 is 4.02. The van der Waals surface area contributed by atoms with Gasteiger partial charge in [0.05, 0.1) is 18.5 Å². The molecule has 22 heavy (non-hydrogen) atoms. The zero-order valence-corrected chi connectivity index (χ0v) is 12.7. The first-order valence-corrected chi connectivity index (χ1v) is 6.70. The van der Waals surface area contributed by atoms with Crippen molar-refractivity contribution in [1.29, 1.82) is 0 Å². The van der Waals surface area contributed by atoms with Crippen LogP contribution in [0.25, 0.3) is 0 Å². The predicted octanol–water partition coefficient (Wildman–Crippen LogP) is 2.19. The molecule has 4 N–H and O–H groups in total. The van der Waals surface area contributed by atoms with Crippen molar-refractivity contribution in [3.8, 4) is 0 Å². The van der Waals surface area contributed by atoms with Gasteiger partial charge in [-0.1, -0.05) is 36.4 Å². The van der Waals surface area contributed by atoms with E-state index in [-0.39, 0.29) is 0 Å². The Bertz CT molecular complexity index is 640. The van der Waals surface area contributed by atoms with Gasteiger partial charge in [-0.05, 0) is 29.7 Å². The van der Waals surface area contributed by atoms with Crippen LogP contribution in [0.2, 0.25) is 0 Å². The molecule has 2 rings (SSSR count). The van der Waals surface area contributed by atoms with E-state index in [0.717, 1.165) is 13.3 Å². The number of rotatable bonds is 3. The fraction of sp³-hybridized carbons (Fsp3) is 0.176. The van der Waals surface area contributed by atoms with Crippen LogP contribution in [0.5, 0.6) is 0 Å². The number of ether oxygens (including phenoxy) is 1. The normalized spacial score (nSPS) is 9.36. The van der Waals surface area contributed by atoms with Crippen LogP contribution in [-0.2, 0) is 20.7 Å². The summed E-state index contributed by atoms with van der Waals surface area (Å²) >= 11 is 0. The number of carbonyl (C=O) groups excluding carboxylic acids is 2. The lowest BCUT2D eigenvalue weighted by molar-refractivity contribution is -0.150. The lowest BCUT2D eigenvalue weighted by Gasteiger charge is -2.05. The van der Waals surface area contributed by atoms with Gasteiger partial charge in [0.15, 0.2) is 0 Å². The molecule has 0 bridgehead atoms. The fourth-order valence-electron chi connectivity index (χ4n) is 1.71. The Kier molecular flexibility index (Phi) is 6.63. The molecule has 0 amide bonds. The van der Waals surface area contributed by atoms with Crippen LogP contribution in [0.1, 0.15) is 18.1 Å². The first-order chi connectivity index (χ1) is 10.4. The van der Waals surface area contributed by atoms with Gasteiger partial charge < -0.3 is 16.2 Å². The third kappa shape index (κ3) is 5.66. The molecular weight excluding hydrogens is 280 g/mol. The SMILES string of the molecule is COC(=O)C(C)=O.Nc1ccc(Cc2ccccc2)cc1N. The monoisotopic (exact) mass is 300 g/mol. The summed E-state index contributed by atoms with van der Waals surface area (Å²) in [5.41, 5.74) is 15.2. The highest BCUT2D eigenvalue weighted by Gasteiger charge is 2.03. The molecular formula is C17H20N2O3. The minimum absolute atomic E-state index is 0.567. The number of carbonyl (C=O) groups is 2. The molecule has 2 aromatic rings. The van der Waals surface area contributed by atoms with Gasteiger partial charge in [-0.15, -0.1) is 0 Å². The van der Waals surface area contributed by atoms with Crippen molar-refractivity contribution in [1.82, 2.24) is 0 Å². The Balaban J connectivity index is 0.000000295. The molecule has 5 nitrogen and oxygen atoms in total. The summed E-state index contributed by atoms with van der Waals surface area (Å²) in [4.78, 5) is 19.8. The number of Topliss-reactive ketones (excluding diaryl/α,β-unsaturated/α-hetero) is 1. The van der Waals surface area contributed by atoms with Gasteiger partial charge in [-0.2, -0.15) is 0 Å². The molecule has 2 aromatic carbocycles. The molecule has 0 fully saturated rings. The van der Waals surface area contributed by atoms with Gasteiger partial charge >= 0.3 is 5.97 Å². The number of nitrogens with two attached hydrogens (primary N) is 2. The molecule has 0 heterocycles. The second-order valence-electron chi connectivity index (χ2n) is 4.67. The Hall–Kier alpha value is -2.82. The van der Waals surface area contributed by atoms with E-state index in [1.165, 1.54) is 18.2 Å². The van der Waals surface area contributed by atoms with Crippen LogP contribution >= 0.6 is 0 Å². The van der Waals surface area contributed by atoms with Gasteiger partial charge in [-0.3, -0.25) is 4.79 Å². The topological polar surface area (TPSA) is 95.4 Å². The van der Waals surface area contributed by atoms with Crippen LogP contribution in [0, 0.1) is 0 Å². The zero-order chi connectivity index (χ0) is 16.5. The highest BCUT2D eigenvalue weighted by atomic mass is 16.5. The number of hydrogen-bond acceptors (Lipinski definition) is 5. The van der Waals surface area contributed by atoms with E-state index in [1.807, 2.05) is 36.4 Å². The number of esters is 1. The molecule has 0 aliphatic carbocycles. The van der Waals surface area contributed by atoms with Gasteiger partial charge in [0, 0.05) is 6.92 Å². The average molecular weight is 300 g/mol. The largest absolute Gasteiger partial charge is 0.463 e. The van der Waals surface area contributed by atoms with E-state index in [4.69, 9.17) is 11.5 Å². The van der Waals surface area contributed by atoms with E-state index in [2.05, 4.69) is 16.9 Å². The molecule has 0 spiro atoms. The first-order valence-electron chi connectivity index (χ1n) is 6.70. The van der Waals surface area contributed by atoms with E-state index >= 15 is 0 Å². The van der Waals surface area contributed by atoms with E-state index in [1.54, 1.807) is 0 Å². The number of nitrogen functional groups attached to an aromatic ring is 2. The molecule has 0 radical (unpaired) electrons. The third-order valence-corrected chi connectivity index (χ3v) is 2.88. The number of methoxy groups -OCH3 is 1. The minimum Gasteiger partial charge on any atom is -0.463 e. The lowest BCUT2D eigenvalue weighted by atomic mass is 10.0. The van der Waals surface area contributed by atoms with Crippen LogP contribution in [-0.4, -0.2) is 18.9 Å². The molecule has 0 atom stereocenters. The van der Waals surface area contributed by atoms with Gasteiger partial charge in [0.2, 0.25) is 5.78 Å². The van der Waals surface area contributed by atoms with Gasteiger partial charge in [0.1, 0.15) is 0 Å². The molecule has 5 heteroatoms. The van der Waals surface area contributed by atoms with E-state index < -0.39 is 11.8 Å². The standard InChI is InChI=1S/C13H14N2.C4H6O3/c14-12-7-6-11(9-13(12)15)8-10-4-2-1-3-5-10;1-3(5)4(6)7-2/h1-7,9H,8,14-15H2;1-2H3. The Morgan fingerprint density at radius 3 is 2.05 bits per heavy atom. The van der Waals surface area contributed by atoms with Crippen LogP contribution < -0.4 is 11.5 Å². The zero-order valence-electron chi connectivity index (χ0n) is 12.7. The van der Waals surface area contributed by atoms with Crippen molar-refractivity contribution < 1.29 is 14.3 Å². The van der Waals surface area contributed by atoms with Crippen molar-refractivity contribution in [3.63, 3.8) is 0 Å². The predicted molar refractivity (Wildman–Crippen MR) is 87.2 cm³/mol. The fourth-order valence-corrected chi connectivity index (χ4v) is 1.71. The molecule has 0 saturated heterocycles. The summed E-state index contributed by atoms with van der Waals surface area (Å²) in [6, 6.07) is 16.1. The number of hydrogen-bond donors (Lipinski definition) is 2. The number of benzene rings is 2. The molecule has 116 valence electrons. The first kappa shape index (κ1) is 17.2. The quantitative estimate of drug-likeness (QED) is 0.514. The molecule has 0 aromatic heterocycles. The lowest BCUT2D eigenvalue weighted by Crippen LogP contribution is -2.10. The Labute approximate surface area is 129 Å². The number of anilines is 2. The second-order valence-corrected chi connectivity index (χ2v) is 4.67. The van der Waals surface area contributed by atoms with Gasteiger partial charge in [-0.25, -0.2) is 4.79 Å². The summed E-state index contributed by atoms with van der Waals surface area (Å²) in [6.45, 7) is 1.16. The average Bonchev–Trinajstić information content (AvgIpc) is 2.51. The molecule has 0 aliphatic rings. The van der Waals surface area contributed by atoms with Crippen molar-refractivity contribution in [2.45, 2.75) is 13.3 Å². The van der Waals surface area contributed by atoms with Crippen LogP contribution in [0.3, 0.4) is 0 Å². The smallest absolute Gasteiger partial charge is 0.374 e. The minimum atomic E-state index is -0.792. The van der Waals surface area contributed by atoms with Crippen molar-refractivity contribution in [2.75, 3.05) is 18.6 Å². The summed E-state index contributed by atoms with van der Waals surface area (Å²) in [7, 11) is 1.17. The molecule has 0 saturated carbocycles. The van der Waals surface area contributed by atoms with Crippen molar-refractivity contribution in [3.05, 3.63) is 59.7 Å².